The monoisotopic (exact) mass is 429 g/mol. The topological polar surface area (TPSA) is 102 Å². The van der Waals surface area contributed by atoms with Crippen LogP contribution in [-0.4, -0.2) is 52.7 Å². The van der Waals surface area contributed by atoms with Gasteiger partial charge in [0.15, 0.2) is 5.65 Å². The van der Waals surface area contributed by atoms with E-state index in [4.69, 9.17) is 0 Å². The number of anilines is 3. The Morgan fingerprint density at radius 3 is 2.81 bits per heavy atom. The Morgan fingerprint density at radius 2 is 2.00 bits per heavy atom. The van der Waals surface area contributed by atoms with Gasteiger partial charge in [-0.1, -0.05) is 12.1 Å². The third-order valence-corrected chi connectivity index (χ3v) is 5.33. The van der Waals surface area contributed by atoms with Gasteiger partial charge < -0.3 is 14.6 Å². The Labute approximate surface area is 184 Å². The van der Waals surface area contributed by atoms with E-state index in [1.807, 2.05) is 60.5 Å². The third kappa shape index (κ3) is 3.56. The minimum absolute atomic E-state index is 0.0344. The Balaban J connectivity index is 1.48. The Bertz CT molecular complexity index is 1370. The van der Waals surface area contributed by atoms with Gasteiger partial charge in [0, 0.05) is 56.7 Å². The number of aliphatic hydroxyl groups excluding tert-OH is 1. The molecule has 0 saturated heterocycles. The van der Waals surface area contributed by atoms with Crippen LogP contribution >= 0.6 is 0 Å². The second-order valence-corrected chi connectivity index (χ2v) is 7.41. The maximum Gasteiger partial charge on any atom is 0.222 e. The summed E-state index contributed by atoms with van der Waals surface area (Å²) in [6.45, 7) is 0.491. The maximum absolute atomic E-state index is 9.25. The van der Waals surface area contributed by atoms with Crippen molar-refractivity contribution in [1.82, 2.24) is 34.0 Å². The Kier molecular flexibility index (Phi) is 5.04. The number of nitrogens with one attached hydrogen (secondary N) is 1. The summed E-state index contributed by atoms with van der Waals surface area (Å²) in [6.07, 6.45) is 10.8. The fourth-order valence-corrected chi connectivity index (χ4v) is 3.70. The molecule has 0 unspecified atom stereocenters. The largest absolute Gasteiger partial charge is 0.395 e. The number of aryl methyl sites for hydroxylation is 1. The Morgan fingerprint density at radius 1 is 1.09 bits per heavy atom. The molecule has 0 radical (unpaired) electrons. The van der Waals surface area contributed by atoms with E-state index in [9.17, 15) is 5.11 Å². The van der Waals surface area contributed by atoms with E-state index in [-0.39, 0.29) is 6.61 Å². The highest BCUT2D eigenvalue weighted by Crippen LogP contribution is 2.31. The van der Waals surface area contributed by atoms with E-state index >= 15 is 0 Å². The van der Waals surface area contributed by atoms with Gasteiger partial charge >= 0.3 is 0 Å². The van der Waals surface area contributed by atoms with Crippen LogP contribution in [0.5, 0.6) is 0 Å². The van der Waals surface area contributed by atoms with Crippen molar-refractivity contribution < 1.29 is 5.11 Å². The van der Waals surface area contributed by atoms with Gasteiger partial charge in [-0.05, 0) is 23.8 Å². The van der Waals surface area contributed by atoms with E-state index in [0.717, 1.165) is 33.7 Å². The highest BCUT2D eigenvalue weighted by atomic mass is 16.3. The molecule has 0 aliphatic rings. The highest BCUT2D eigenvalue weighted by Gasteiger charge is 2.15. The number of imidazole rings is 1. The van der Waals surface area contributed by atoms with Crippen LogP contribution in [0.2, 0.25) is 0 Å². The minimum atomic E-state index is 0.0344. The van der Waals surface area contributed by atoms with Gasteiger partial charge in [-0.15, -0.1) is 0 Å². The summed E-state index contributed by atoms with van der Waals surface area (Å²) in [6, 6.07) is 10.2. The average molecular weight is 429 g/mol. The molecule has 32 heavy (non-hydrogen) atoms. The predicted molar refractivity (Wildman–Crippen MR) is 123 cm³/mol. The molecule has 0 amide bonds. The molecule has 0 spiro atoms. The van der Waals surface area contributed by atoms with E-state index in [0.29, 0.717) is 12.5 Å². The number of fused-ring (bicyclic) bond motifs is 1. The summed E-state index contributed by atoms with van der Waals surface area (Å²) in [5.41, 5.74) is 7.11. The number of aromatic nitrogens is 7. The minimum Gasteiger partial charge on any atom is -0.395 e. The van der Waals surface area contributed by atoms with Gasteiger partial charge in [-0.2, -0.15) is 5.10 Å². The lowest BCUT2D eigenvalue weighted by Crippen LogP contribution is -2.15. The molecule has 0 aliphatic heterocycles. The first-order valence-corrected chi connectivity index (χ1v) is 10.2. The van der Waals surface area contributed by atoms with Gasteiger partial charge in [-0.25, -0.2) is 19.6 Å². The summed E-state index contributed by atoms with van der Waals surface area (Å²) in [4.78, 5) is 15.4. The van der Waals surface area contributed by atoms with Crippen molar-refractivity contribution in [3.8, 4) is 11.1 Å². The van der Waals surface area contributed by atoms with Gasteiger partial charge in [0.2, 0.25) is 5.95 Å². The quantitative estimate of drug-likeness (QED) is 0.410. The number of nitrogens with zero attached hydrogens (tertiary/aromatic N) is 8. The summed E-state index contributed by atoms with van der Waals surface area (Å²) in [5.74, 6) is 1.41. The Hall–Kier alpha value is -4.18. The molecule has 2 N–H and O–H groups in total. The standard InChI is InChI=1S/C22H23N9O/c1-28-14-17(13-26-28)16-4-3-5-18(12-16)29(2)20-19-6-8-31(21(19)25-15-24-20)27-22-23-7-9-30(22)10-11-32/h3-9,12-15,32H,10-11H2,1-2H3,(H,23,27). The van der Waals surface area contributed by atoms with E-state index in [1.165, 1.54) is 0 Å². The van der Waals surface area contributed by atoms with Crippen molar-refractivity contribution in [3.05, 3.63) is 67.6 Å². The predicted octanol–water partition coefficient (Wildman–Crippen LogP) is 2.66. The van der Waals surface area contributed by atoms with Gasteiger partial charge in [-0.3, -0.25) is 10.1 Å². The molecule has 4 heterocycles. The van der Waals surface area contributed by atoms with Crippen molar-refractivity contribution in [3.63, 3.8) is 0 Å². The molecule has 10 nitrogen and oxygen atoms in total. The molecule has 4 aromatic heterocycles. The van der Waals surface area contributed by atoms with Gasteiger partial charge in [0.05, 0.1) is 18.2 Å². The van der Waals surface area contributed by atoms with Crippen LogP contribution < -0.4 is 10.3 Å². The average Bonchev–Trinajstić information content (AvgIpc) is 3.55. The molecular formula is C22H23N9O. The first-order chi connectivity index (χ1) is 15.6. The van der Waals surface area contributed by atoms with Gasteiger partial charge in [0.1, 0.15) is 12.1 Å². The molecule has 1 aromatic carbocycles. The number of hydrogen-bond acceptors (Lipinski definition) is 7. The van der Waals surface area contributed by atoms with Crippen LogP contribution in [0.3, 0.4) is 0 Å². The summed E-state index contributed by atoms with van der Waals surface area (Å²) < 4.78 is 5.43. The van der Waals surface area contributed by atoms with Crippen LogP contribution in [0.25, 0.3) is 22.2 Å². The first kappa shape index (κ1) is 19.8. The molecule has 0 fully saturated rings. The summed E-state index contributed by atoms with van der Waals surface area (Å²) in [5, 5.41) is 14.4. The van der Waals surface area contributed by atoms with Crippen molar-refractivity contribution >= 4 is 28.5 Å². The second-order valence-electron chi connectivity index (χ2n) is 7.41. The fraction of sp³-hybridized carbons (Fsp3) is 0.182. The lowest BCUT2D eigenvalue weighted by molar-refractivity contribution is 0.276. The number of rotatable bonds is 7. The lowest BCUT2D eigenvalue weighted by atomic mass is 10.1. The molecular weight excluding hydrogens is 406 g/mol. The first-order valence-electron chi connectivity index (χ1n) is 10.2. The number of benzene rings is 1. The molecule has 10 heteroatoms. The molecule has 0 bridgehead atoms. The van der Waals surface area contributed by atoms with Crippen molar-refractivity contribution in [2.24, 2.45) is 7.05 Å². The fourth-order valence-electron chi connectivity index (χ4n) is 3.70. The van der Waals surface area contributed by atoms with Crippen LogP contribution in [0.4, 0.5) is 17.5 Å². The molecule has 0 atom stereocenters. The maximum atomic E-state index is 9.25. The summed E-state index contributed by atoms with van der Waals surface area (Å²) in [7, 11) is 3.90. The van der Waals surface area contributed by atoms with Crippen molar-refractivity contribution in [2.45, 2.75) is 6.54 Å². The number of hydrogen-bond donors (Lipinski definition) is 2. The van der Waals surface area contributed by atoms with E-state index < -0.39 is 0 Å². The zero-order valence-electron chi connectivity index (χ0n) is 17.8. The normalized spacial score (nSPS) is 11.2. The van der Waals surface area contributed by atoms with E-state index in [1.54, 1.807) is 21.9 Å². The number of aliphatic hydroxyl groups is 1. The van der Waals surface area contributed by atoms with Crippen LogP contribution in [-0.2, 0) is 13.6 Å². The molecule has 5 rings (SSSR count). The summed E-state index contributed by atoms with van der Waals surface area (Å²) >= 11 is 0. The second kappa shape index (κ2) is 8.16. The molecule has 0 saturated carbocycles. The zero-order chi connectivity index (χ0) is 22.1. The van der Waals surface area contributed by atoms with Crippen LogP contribution in [0.15, 0.2) is 67.6 Å². The van der Waals surface area contributed by atoms with Gasteiger partial charge in [0.25, 0.3) is 0 Å². The molecule has 0 aliphatic carbocycles. The van der Waals surface area contributed by atoms with E-state index in [2.05, 4.69) is 43.7 Å². The highest BCUT2D eigenvalue weighted by molar-refractivity contribution is 5.90. The van der Waals surface area contributed by atoms with Crippen LogP contribution in [0.1, 0.15) is 0 Å². The van der Waals surface area contributed by atoms with Crippen molar-refractivity contribution in [1.29, 1.82) is 0 Å². The SMILES string of the molecule is CN(c1cccc(-c2cnn(C)c2)c1)c1ncnc2c1ccn2Nc1nccn1CCO. The zero-order valence-corrected chi connectivity index (χ0v) is 17.8. The molecule has 162 valence electrons. The third-order valence-electron chi connectivity index (χ3n) is 5.33. The lowest BCUT2D eigenvalue weighted by Gasteiger charge is -2.20. The van der Waals surface area contributed by atoms with Crippen molar-refractivity contribution in [2.75, 3.05) is 24.0 Å². The smallest absolute Gasteiger partial charge is 0.222 e. The van der Waals surface area contributed by atoms with Crippen LogP contribution in [0, 0.1) is 0 Å². The molecule has 5 aromatic rings.